The van der Waals surface area contributed by atoms with Gasteiger partial charge in [-0.1, -0.05) is 12.5 Å². The number of nitrogens with one attached hydrogen (secondary N) is 1. The quantitative estimate of drug-likeness (QED) is 0.670. The van der Waals surface area contributed by atoms with Crippen LogP contribution in [0.1, 0.15) is 19.3 Å². The number of nitrogen functional groups attached to an aromatic ring is 1. The Hall–Kier alpha value is -1.71. The van der Waals surface area contributed by atoms with Crippen molar-refractivity contribution in [2.24, 2.45) is 5.41 Å². The second kappa shape index (κ2) is 3.39. The Morgan fingerprint density at radius 1 is 1.41 bits per heavy atom. The molecule has 1 amide bonds. The lowest BCUT2D eigenvalue weighted by Gasteiger charge is -2.40. The molecule has 0 bridgehead atoms. The molecule has 1 fully saturated rings. The number of hydrogen-bond acceptors (Lipinski definition) is 3. The van der Waals surface area contributed by atoms with Gasteiger partial charge >= 0.3 is 0 Å². The smallest absolute Gasteiger partial charge is 0.232 e. The van der Waals surface area contributed by atoms with Gasteiger partial charge in [0.2, 0.25) is 5.91 Å². The molecule has 0 atom stereocenters. The number of hydrogen-bond donors (Lipinski definition) is 2. The van der Waals surface area contributed by atoms with Crippen LogP contribution < -0.4 is 16.0 Å². The van der Waals surface area contributed by atoms with Crippen molar-refractivity contribution in [3.05, 3.63) is 18.2 Å². The number of anilines is 3. The zero-order chi connectivity index (χ0) is 12.0. The third-order valence-electron chi connectivity index (χ3n) is 4.06. The average Bonchev–Trinajstić information content (AvgIpc) is 2.36. The van der Waals surface area contributed by atoms with Crippen LogP contribution in [0.25, 0.3) is 0 Å². The number of amides is 1. The molecule has 1 saturated carbocycles. The fourth-order valence-electron chi connectivity index (χ4n) is 2.86. The summed E-state index contributed by atoms with van der Waals surface area (Å²) in [6, 6.07) is 5.75. The van der Waals surface area contributed by atoms with E-state index in [-0.39, 0.29) is 11.3 Å². The molecule has 1 aliphatic heterocycles. The monoisotopic (exact) mass is 231 g/mol. The maximum Gasteiger partial charge on any atom is 0.232 e. The predicted octanol–water partition coefficient (Wildman–Crippen LogP) is 1.83. The molecule has 0 saturated heterocycles. The van der Waals surface area contributed by atoms with Gasteiger partial charge in [0.25, 0.3) is 0 Å². The molecule has 4 heteroatoms. The lowest BCUT2D eigenvalue weighted by molar-refractivity contribution is -0.129. The van der Waals surface area contributed by atoms with Crippen LogP contribution in [0.4, 0.5) is 17.1 Å². The van der Waals surface area contributed by atoms with Gasteiger partial charge in [0.1, 0.15) is 0 Å². The molecule has 1 aliphatic carbocycles. The highest BCUT2D eigenvalue weighted by atomic mass is 16.2. The third-order valence-corrected chi connectivity index (χ3v) is 4.06. The maximum atomic E-state index is 12.3. The lowest BCUT2D eigenvalue weighted by Crippen LogP contribution is -2.47. The summed E-state index contributed by atoms with van der Waals surface area (Å²) < 4.78 is 0. The largest absolute Gasteiger partial charge is 0.397 e. The molecule has 3 rings (SSSR count). The Kier molecular flexibility index (Phi) is 2.08. The summed E-state index contributed by atoms with van der Waals surface area (Å²) in [6.07, 6.45) is 3.11. The standard InChI is InChI=1S/C13H17N3O/c1-16-8-13(6-3-7-13)12(17)15-11-9(14)4-2-5-10(11)16/h2,4-5H,3,6-8,14H2,1H3,(H,15,17). The molecule has 0 unspecified atom stereocenters. The first-order valence-electron chi connectivity index (χ1n) is 6.03. The number of rotatable bonds is 0. The van der Waals surface area contributed by atoms with Crippen LogP contribution in [0.3, 0.4) is 0 Å². The fraction of sp³-hybridized carbons (Fsp3) is 0.462. The van der Waals surface area contributed by atoms with Crippen LogP contribution in [0.5, 0.6) is 0 Å². The van der Waals surface area contributed by atoms with E-state index in [9.17, 15) is 4.79 Å². The SMILES string of the molecule is CN1CC2(CCC2)C(=O)Nc2c(N)cccc21. The Balaban J connectivity index is 2.07. The zero-order valence-electron chi connectivity index (χ0n) is 9.99. The van der Waals surface area contributed by atoms with Gasteiger partial charge in [0.05, 0.1) is 22.5 Å². The summed E-state index contributed by atoms with van der Waals surface area (Å²) in [7, 11) is 2.03. The van der Waals surface area contributed by atoms with Gasteiger partial charge in [-0.3, -0.25) is 4.79 Å². The summed E-state index contributed by atoms with van der Waals surface area (Å²) in [4.78, 5) is 14.4. The first-order valence-corrected chi connectivity index (χ1v) is 6.03. The van der Waals surface area contributed by atoms with E-state index >= 15 is 0 Å². The second-order valence-corrected chi connectivity index (χ2v) is 5.19. The molecule has 90 valence electrons. The van der Waals surface area contributed by atoms with E-state index in [0.29, 0.717) is 5.69 Å². The van der Waals surface area contributed by atoms with E-state index < -0.39 is 0 Å². The topological polar surface area (TPSA) is 58.4 Å². The van der Waals surface area contributed by atoms with Gasteiger partial charge in [-0.25, -0.2) is 0 Å². The molecule has 1 aromatic carbocycles. The Morgan fingerprint density at radius 2 is 2.18 bits per heavy atom. The minimum Gasteiger partial charge on any atom is -0.397 e. The van der Waals surface area contributed by atoms with Gasteiger partial charge < -0.3 is 16.0 Å². The minimum absolute atomic E-state index is 0.132. The summed E-state index contributed by atoms with van der Waals surface area (Å²) in [5, 5.41) is 3.01. The van der Waals surface area contributed by atoms with Crippen molar-refractivity contribution in [2.45, 2.75) is 19.3 Å². The number of benzene rings is 1. The summed E-state index contributed by atoms with van der Waals surface area (Å²) >= 11 is 0. The number of nitrogens with two attached hydrogens (primary N) is 1. The van der Waals surface area contributed by atoms with Crippen LogP contribution in [-0.4, -0.2) is 19.5 Å². The van der Waals surface area contributed by atoms with Crippen molar-refractivity contribution in [2.75, 3.05) is 29.5 Å². The highest BCUT2D eigenvalue weighted by Crippen LogP contribution is 2.46. The van der Waals surface area contributed by atoms with E-state index in [1.54, 1.807) is 0 Å². The molecule has 0 radical (unpaired) electrons. The highest BCUT2D eigenvalue weighted by Gasteiger charge is 2.46. The van der Waals surface area contributed by atoms with E-state index in [0.717, 1.165) is 37.2 Å². The molecule has 1 heterocycles. The van der Waals surface area contributed by atoms with Crippen molar-refractivity contribution in [1.29, 1.82) is 0 Å². The number of carbonyl (C=O) groups excluding carboxylic acids is 1. The minimum atomic E-state index is -0.194. The normalized spacial score (nSPS) is 21.5. The lowest BCUT2D eigenvalue weighted by atomic mass is 9.68. The molecule has 4 nitrogen and oxygen atoms in total. The fourth-order valence-corrected chi connectivity index (χ4v) is 2.86. The van der Waals surface area contributed by atoms with Crippen LogP contribution in [0.15, 0.2) is 18.2 Å². The summed E-state index contributed by atoms with van der Waals surface area (Å²) in [5.74, 6) is 0.132. The Bertz CT molecular complexity index is 480. The van der Waals surface area contributed by atoms with E-state index in [2.05, 4.69) is 10.2 Å². The summed E-state index contributed by atoms with van der Waals surface area (Å²) in [6.45, 7) is 0.787. The van der Waals surface area contributed by atoms with Gasteiger partial charge in [0.15, 0.2) is 0 Å². The van der Waals surface area contributed by atoms with E-state index in [4.69, 9.17) is 5.73 Å². The number of fused-ring (bicyclic) bond motifs is 1. The van der Waals surface area contributed by atoms with E-state index in [1.165, 1.54) is 0 Å². The van der Waals surface area contributed by atoms with Gasteiger partial charge in [-0.05, 0) is 25.0 Å². The molecular weight excluding hydrogens is 214 g/mol. The van der Waals surface area contributed by atoms with E-state index in [1.807, 2.05) is 25.2 Å². The molecule has 17 heavy (non-hydrogen) atoms. The van der Waals surface area contributed by atoms with Gasteiger partial charge in [-0.2, -0.15) is 0 Å². The first kappa shape index (κ1) is 10.4. The number of carbonyl (C=O) groups is 1. The van der Waals surface area contributed by atoms with Crippen LogP contribution in [-0.2, 0) is 4.79 Å². The molecular formula is C13H17N3O. The number of para-hydroxylation sites is 1. The van der Waals surface area contributed by atoms with Crippen molar-refractivity contribution < 1.29 is 4.79 Å². The molecule has 2 aliphatic rings. The van der Waals surface area contributed by atoms with Crippen molar-refractivity contribution in [1.82, 2.24) is 0 Å². The van der Waals surface area contributed by atoms with Gasteiger partial charge in [0, 0.05) is 13.6 Å². The van der Waals surface area contributed by atoms with Crippen LogP contribution in [0.2, 0.25) is 0 Å². The third kappa shape index (κ3) is 1.40. The Morgan fingerprint density at radius 3 is 2.82 bits per heavy atom. The maximum absolute atomic E-state index is 12.3. The molecule has 1 spiro atoms. The van der Waals surface area contributed by atoms with Crippen molar-refractivity contribution in [3.63, 3.8) is 0 Å². The van der Waals surface area contributed by atoms with Crippen molar-refractivity contribution in [3.8, 4) is 0 Å². The average molecular weight is 231 g/mol. The van der Waals surface area contributed by atoms with Crippen LogP contribution >= 0.6 is 0 Å². The first-order chi connectivity index (χ1) is 8.12. The van der Waals surface area contributed by atoms with Gasteiger partial charge in [-0.15, -0.1) is 0 Å². The molecule has 1 aromatic rings. The highest BCUT2D eigenvalue weighted by molar-refractivity contribution is 6.03. The Labute approximate surface area is 101 Å². The molecule has 0 aromatic heterocycles. The van der Waals surface area contributed by atoms with Crippen molar-refractivity contribution >= 4 is 23.0 Å². The zero-order valence-corrected chi connectivity index (χ0v) is 9.99. The second-order valence-electron chi connectivity index (χ2n) is 5.19. The number of nitrogens with zero attached hydrogens (tertiary/aromatic N) is 1. The predicted molar refractivity (Wildman–Crippen MR) is 69.0 cm³/mol. The molecule has 3 N–H and O–H groups in total. The van der Waals surface area contributed by atoms with Crippen LogP contribution in [0, 0.1) is 5.41 Å². The summed E-state index contributed by atoms with van der Waals surface area (Å²) in [5.41, 5.74) is 8.17.